The maximum absolute atomic E-state index is 11.2. The summed E-state index contributed by atoms with van der Waals surface area (Å²) >= 11 is 0. The summed E-state index contributed by atoms with van der Waals surface area (Å²) < 4.78 is 22.4. The molecular formula is C11H14N2O3S. The molecule has 1 aromatic carbocycles. The molecule has 6 heteroatoms. The smallest absolute Gasteiger partial charge is 0.152 e. The van der Waals surface area contributed by atoms with Gasteiger partial charge in [0.15, 0.2) is 9.84 Å². The largest absolute Gasteiger partial charge is 0.507 e. The number of aromatic hydroxyl groups is 1. The van der Waals surface area contributed by atoms with E-state index in [0.29, 0.717) is 12.0 Å². The number of nitrogens with one attached hydrogen (secondary N) is 1. The minimum atomic E-state index is -2.88. The molecule has 0 unspecified atom stereocenters. The number of nitrogens with zero attached hydrogens (tertiary/aromatic N) is 1. The highest BCUT2D eigenvalue weighted by Gasteiger charge is 2.27. The summed E-state index contributed by atoms with van der Waals surface area (Å²) in [6, 6.07) is 6.69. The van der Waals surface area contributed by atoms with Gasteiger partial charge in [0, 0.05) is 5.56 Å². The molecule has 2 N–H and O–H groups in total. The van der Waals surface area contributed by atoms with Crippen LogP contribution in [0.1, 0.15) is 12.0 Å². The second-order valence-corrected chi connectivity index (χ2v) is 6.27. The van der Waals surface area contributed by atoms with Crippen LogP contribution in [0, 0.1) is 0 Å². The molecule has 5 nitrogen and oxygen atoms in total. The fourth-order valence-electron chi connectivity index (χ4n) is 1.71. The zero-order valence-electron chi connectivity index (χ0n) is 9.20. The van der Waals surface area contributed by atoms with E-state index in [2.05, 4.69) is 10.5 Å². The van der Waals surface area contributed by atoms with Crippen molar-refractivity contribution in [1.29, 1.82) is 0 Å². The first-order valence-corrected chi connectivity index (χ1v) is 7.16. The third kappa shape index (κ3) is 3.20. The van der Waals surface area contributed by atoms with Gasteiger partial charge in [-0.1, -0.05) is 12.1 Å². The summed E-state index contributed by atoms with van der Waals surface area (Å²) in [6.07, 6.45) is 2.07. The summed E-state index contributed by atoms with van der Waals surface area (Å²) in [7, 11) is -2.88. The third-order valence-corrected chi connectivity index (χ3v) is 4.40. The summed E-state index contributed by atoms with van der Waals surface area (Å²) in [5.74, 6) is 0.499. The lowest BCUT2D eigenvalue weighted by atomic mass is 10.2. The summed E-state index contributed by atoms with van der Waals surface area (Å²) in [5.41, 5.74) is 3.39. The Morgan fingerprint density at radius 3 is 2.82 bits per heavy atom. The summed E-state index contributed by atoms with van der Waals surface area (Å²) in [4.78, 5) is 0. The zero-order chi connectivity index (χ0) is 12.3. The van der Waals surface area contributed by atoms with E-state index in [-0.39, 0.29) is 23.3 Å². The first-order valence-electron chi connectivity index (χ1n) is 5.34. The average molecular weight is 254 g/mol. The van der Waals surface area contributed by atoms with Crippen molar-refractivity contribution in [3.05, 3.63) is 29.8 Å². The lowest BCUT2D eigenvalue weighted by Crippen LogP contribution is -2.25. The van der Waals surface area contributed by atoms with Crippen LogP contribution in [0.3, 0.4) is 0 Å². The lowest BCUT2D eigenvalue weighted by Gasteiger charge is -2.05. The first kappa shape index (κ1) is 11.9. The lowest BCUT2D eigenvalue weighted by molar-refractivity contribution is 0.474. The van der Waals surface area contributed by atoms with Crippen molar-refractivity contribution >= 4 is 16.1 Å². The van der Waals surface area contributed by atoms with Gasteiger partial charge in [-0.2, -0.15) is 5.10 Å². The highest BCUT2D eigenvalue weighted by Crippen LogP contribution is 2.13. The van der Waals surface area contributed by atoms with Gasteiger partial charge in [0.05, 0.1) is 23.8 Å². The van der Waals surface area contributed by atoms with Gasteiger partial charge in [-0.05, 0) is 18.6 Å². The van der Waals surface area contributed by atoms with E-state index in [1.165, 1.54) is 6.21 Å². The maximum atomic E-state index is 11.2. The molecule has 1 heterocycles. The number of para-hydroxylation sites is 1. The normalized spacial score (nSPS) is 22.9. The molecular weight excluding hydrogens is 240 g/mol. The van der Waals surface area contributed by atoms with Crippen LogP contribution in [0.5, 0.6) is 5.75 Å². The number of hydrogen-bond acceptors (Lipinski definition) is 5. The molecule has 0 aliphatic carbocycles. The van der Waals surface area contributed by atoms with E-state index < -0.39 is 9.84 Å². The van der Waals surface area contributed by atoms with E-state index in [9.17, 15) is 13.5 Å². The maximum Gasteiger partial charge on any atom is 0.152 e. The molecule has 0 aromatic heterocycles. The molecule has 0 radical (unpaired) electrons. The van der Waals surface area contributed by atoms with Crippen molar-refractivity contribution in [2.24, 2.45) is 5.10 Å². The third-order valence-electron chi connectivity index (χ3n) is 2.63. The molecule has 0 bridgehead atoms. The van der Waals surface area contributed by atoms with Crippen LogP contribution in [0.4, 0.5) is 0 Å². The van der Waals surface area contributed by atoms with E-state index in [1.807, 2.05) is 0 Å². The van der Waals surface area contributed by atoms with Gasteiger partial charge in [0.25, 0.3) is 0 Å². The molecule has 1 aromatic rings. The van der Waals surface area contributed by atoms with E-state index in [4.69, 9.17) is 0 Å². The minimum Gasteiger partial charge on any atom is -0.507 e. The Labute approximate surface area is 100 Å². The van der Waals surface area contributed by atoms with Gasteiger partial charge in [-0.25, -0.2) is 8.42 Å². The van der Waals surface area contributed by atoms with Crippen LogP contribution in [0.15, 0.2) is 29.4 Å². The van der Waals surface area contributed by atoms with Crippen molar-refractivity contribution in [3.63, 3.8) is 0 Å². The highest BCUT2D eigenvalue weighted by molar-refractivity contribution is 7.91. The van der Waals surface area contributed by atoms with Gasteiger partial charge < -0.3 is 10.5 Å². The fraction of sp³-hybridized carbons (Fsp3) is 0.364. The van der Waals surface area contributed by atoms with Crippen LogP contribution in [-0.2, 0) is 9.84 Å². The topological polar surface area (TPSA) is 78.8 Å². The molecule has 0 spiro atoms. The van der Waals surface area contributed by atoms with Crippen LogP contribution >= 0.6 is 0 Å². The number of sulfone groups is 1. The average Bonchev–Trinajstić information content (AvgIpc) is 2.61. The Morgan fingerprint density at radius 2 is 2.18 bits per heavy atom. The highest BCUT2D eigenvalue weighted by atomic mass is 32.2. The van der Waals surface area contributed by atoms with Crippen molar-refractivity contribution in [2.45, 2.75) is 12.5 Å². The summed E-state index contributed by atoms with van der Waals surface area (Å²) in [6.45, 7) is 0. The van der Waals surface area contributed by atoms with Crippen LogP contribution in [-0.4, -0.2) is 37.3 Å². The van der Waals surface area contributed by atoms with Crippen molar-refractivity contribution < 1.29 is 13.5 Å². The van der Waals surface area contributed by atoms with Crippen LogP contribution < -0.4 is 5.43 Å². The Morgan fingerprint density at radius 1 is 1.41 bits per heavy atom. The Balaban J connectivity index is 1.93. The number of benzene rings is 1. The first-order chi connectivity index (χ1) is 8.07. The number of phenols is 1. The predicted octanol–water partition coefficient (Wildman–Crippen LogP) is 0.503. The Bertz CT molecular complexity index is 525. The van der Waals surface area contributed by atoms with Crippen molar-refractivity contribution in [2.75, 3.05) is 11.5 Å². The van der Waals surface area contributed by atoms with Crippen LogP contribution in [0.25, 0.3) is 0 Å². The standard InChI is InChI=1S/C11H14N2O3S/c14-11-4-2-1-3-9(11)7-12-13-10-5-6-17(15,16)8-10/h1-4,7,10,13-14H,5-6,8H2/b12-7-/t10-/m0/s1. The molecule has 17 heavy (non-hydrogen) atoms. The fourth-order valence-corrected chi connectivity index (χ4v) is 3.37. The van der Waals surface area contributed by atoms with E-state index >= 15 is 0 Å². The Hall–Kier alpha value is -1.56. The molecule has 0 amide bonds. The van der Waals surface area contributed by atoms with Gasteiger partial charge in [-0.15, -0.1) is 0 Å². The number of hydrogen-bond donors (Lipinski definition) is 2. The Kier molecular flexibility index (Phi) is 3.33. The number of hydrazone groups is 1. The summed E-state index contributed by atoms with van der Waals surface area (Å²) in [5, 5.41) is 13.4. The molecule has 1 aliphatic heterocycles. The molecule has 92 valence electrons. The number of phenolic OH excluding ortho intramolecular Hbond substituents is 1. The second-order valence-electron chi connectivity index (χ2n) is 4.05. The molecule has 1 atom stereocenters. The minimum absolute atomic E-state index is 0.123. The number of rotatable bonds is 3. The molecule has 0 saturated carbocycles. The van der Waals surface area contributed by atoms with E-state index in [0.717, 1.165) is 0 Å². The van der Waals surface area contributed by atoms with Gasteiger partial charge in [0.2, 0.25) is 0 Å². The van der Waals surface area contributed by atoms with Crippen molar-refractivity contribution in [3.8, 4) is 5.75 Å². The zero-order valence-corrected chi connectivity index (χ0v) is 10.0. The molecule has 1 fully saturated rings. The van der Waals surface area contributed by atoms with Crippen molar-refractivity contribution in [1.82, 2.24) is 5.43 Å². The molecule has 2 rings (SSSR count). The monoisotopic (exact) mass is 254 g/mol. The van der Waals surface area contributed by atoms with Crippen LogP contribution in [0.2, 0.25) is 0 Å². The molecule has 1 aliphatic rings. The van der Waals surface area contributed by atoms with E-state index in [1.54, 1.807) is 24.3 Å². The SMILES string of the molecule is O=S1(=O)CC[C@H](N/N=C\c2ccccc2O)C1. The predicted molar refractivity (Wildman–Crippen MR) is 65.9 cm³/mol. The van der Waals surface area contributed by atoms with Gasteiger partial charge in [0.1, 0.15) is 5.75 Å². The quantitative estimate of drug-likeness (QED) is 0.608. The van der Waals surface area contributed by atoms with Gasteiger partial charge in [-0.3, -0.25) is 0 Å². The second kappa shape index (κ2) is 4.75. The van der Waals surface area contributed by atoms with Gasteiger partial charge >= 0.3 is 0 Å². The molecule has 1 saturated heterocycles.